The Labute approximate surface area is 181 Å². The van der Waals surface area contributed by atoms with Crippen LogP contribution in [-0.4, -0.2) is 55.8 Å². The van der Waals surface area contributed by atoms with E-state index in [0.29, 0.717) is 16.3 Å². The number of hydrogen-bond donors (Lipinski definition) is 2. The van der Waals surface area contributed by atoms with Gasteiger partial charge in [-0.05, 0) is 61.2 Å². The number of anilines is 2. The Kier molecular flexibility index (Phi) is 7.30. The van der Waals surface area contributed by atoms with Crippen molar-refractivity contribution in [1.82, 2.24) is 10.2 Å². The van der Waals surface area contributed by atoms with Crippen LogP contribution in [0.2, 0.25) is 5.02 Å². The van der Waals surface area contributed by atoms with Gasteiger partial charge in [0.05, 0.1) is 17.8 Å². The maximum absolute atomic E-state index is 12.3. The summed E-state index contributed by atoms with van der Waals surface area (Å²) in [5.41, 5.74) is 2.24. The molecule has 0 saturated carbocycles. The molecule has 0 atom stereocenters. The highest BCUT2D eigenvalue weighted by atomic mass is 35.5. The maximum atomic E-state index is 12.3. The fourth-order valence-corrected chi connectivity index (χ4v) is 3.74. The number of nitrogens with one attached hydrogen (secondary N) is 2. The number of thiocarbonyl (C=S) groups is 1. The SMILES string of the molecule is CCN1CCN(c2ccc(NC(=S)NC(=O)c3ccc(OC)cc3)cc2Cl)CC1. The van der Waals surface area contributed by atoms with Gasteiger partial charge in [0.15, 0.2) is 5.11 Å². The van der Waals surface area contributed by atoms with Gasteiger partial charge in [-0.15, -0.1) is 0 Å². The van der Waals surface area contributed by atoms with E-state index in [1.165, 1.54) is 0 Å². The molecule has 0 bridgehead atoms. The molecule has 8 heteroatoms. The lowest BCUT2D eigenvalue weighted by molar-refractivity contribution is 0.0977. The second-order valence-electron chi connectivity index (χ2n) is 6.72. The van der Waals surface area contributed by atoms with Crippen molar-refractivity contribution >= 4 is 46.2 Å². The predicted octanol–water partition coefficient (Wildman–Crippen LogP) is 3.62. The molecule has 2 aromatic carbocycles. The third kappa shape index (κ3) is 5.59. The summed E-state index contributed by atoms with van der Waals surface area (Å²) in [6.07, 6.45) is 0. The first-order valence-corrected chi connectivity index (χ1v) is 10.3. The van der Waals surface area contributed by atoms with Crippen molar-refractivity contribution in [2.45, 2.75) is 6.92 Å². The molecule has 0 spiro atoms. The lowest BCUT2D eigenvalue weighted by Gasteiger charge is -2.36. The number of halogens is 1. The Morgan fingerprint density at radius 3 is 2.41 bits per heavy atom. The lowest BCUT2D eigenvalue weighted by Crippen LogP contribution is -2.46. The summed E-state index contributed by atoms with van der Waals surface area (Å²) in [7, 11) is 1.58. The van der Waals surface area contributed by atoms with Crippen molar-refractivity contribution in [3.8, 4) is 5.75 Å². The van der Waals surface area contributed by atoms with Crippen molar-refractivity contribution in [2.75, 3.05) is 50.1 Å². The molecule has 0 aromatic heterocycles. The molecule has 1 heterocycles. The molecule has 2 aromatic rings. The molecule has 0 radical (unpaired) electrons. The zero-order chi connectivity index (χ0) is 20.8. The van der Waals surface area contributed by atoms with E-state index >= 15 is 0 Å². The molecule has 154 valence electrons. The van der Waals surface area contributed by atoms with E-state index < -0.39 is 0 Å². The highest BCUT2D eigenvalue weighted by molar-refractivity contribution is 7.80. The predicted molar refractivity (Wildman–Crippen MR) is 122 cm³/mol. The smallest absolute Gasteiger partial charge is 0.257 e. The first kappa shape index (κ1) is 21.4. The van der Waals surface area contributed by atoms with E-state index in [0.717, 1.165) is 44.1 Å². The van der Waals surface area contributed by atoms with Gasteiger partial charge in [0.2, 0.25) is 0 Å². The molecular weight excluding hydrogens is 408 g/mol. The molecule has 1 aliphatic rings. The number of amides is 1. The van der Waals surface area contributed by atoms with Crippen LogP contribution in [0.4, 0.5) is 11.4 Å². The second kappa shape index (κ2) is 9.91. The molecule has 1 amide bonds. The van der Waals surface area contributed by atoms with Gasteiger partial charge < -0.3 is 19.9 Å². The quantitative estimate of drug-likeness (QED) is 0.704. The van der Waals surface area contributed by atoms with Gasteiger partial charge in [-0.2, -0.15) is 0 Å². The first-order valence-electron chi connectivity index (χ1n) is 9.53. The summed E-state index contributed by atoms with van der Waals surface area (Å²) in [5, 5.41) is 6.56. The van der Waals surface area contributed by atoms with Gasteiger partial charge >= 0.3 is 0 Å². The molecule has 6 nitrogen and oxygen atoms in total. The van der Waals surface area contributed by atoms with Crippen LogP contribution < -0.4 is 20.3 Å². The summed E-state index contributed by atoms with van der Waals surface area (Å²) in [6, 6.07) is 12.5. The van der Waals surface area contributed by atoms with E-state index in [4.69, 9.17) is 28.6 Å². The minimum absolute atomic E-state index is 0.214. The van der Waals surface area contributed by atoms with Gasteiger partial charge in [0.1, 0.15) is 5.75 Å². The van der Waals surface area contributed by atoms with Crippen molar-refractivity contribution in [3.63, 3.8) is 0 Å². The number of carbonyl (C=O) groups excluding carboxylic acids is 1. The molecule has 1 aliphatic heterocycles. The van der Waals surface area contributed by atoms with Crippen LogP contribution in [0.15, 0.2) is 42.5 Å². The average Bonchev–Trinajstić information content (AvgIpc) is 2.74. The van der Waals surface area contributed by atoms with Crippen molar-refractivity contribution in [3.05, 3.63) is 53.1 Å². The summed E-state index contributed by atoms with van der Waals surface area (Å²) >= 11 is 11.8. The molecular formula is C21H25ClN4O2S. The van der Waals surface area contributed by atoms with Crippen LogP contribution in [0, 0.1) is 0 Å². The van der Waals surface area contributed by atoms with Crippen molar-refractivity contribution in [1.29, 1.82) is 0 Å². The van der Waals surface area contributed by atoms with Gasteiger partial charge in [0.25, 0.3) is 5.91 Å². The van der Waals surface area contributed by atoms with Crippen LogP contribution in [0.5, 0.6) is 5.75 Å². The Morgan fingerprint density at radius 1 is 1.14 bits per heavy atom. The lowest BCUT2D eigenvalue weighted by atomic mass is 10.2. The Bertz CT molecular complexity index is 867. The van der Waals surface area contributed by atoms with Crippen LogP contribution in [0.25, 0.3) is 0 Å². The molecule has 3 rings (SSSR count). The number of benzene rings is 2. The van der Waals surface area contributed by atoms with Gasteiger partial charge in [-0.25, -0.2) is 0 Å². The minimum atomic E-state index is -0.290. The zero-order valence-electron chi connectivity index (χ0n) is 16.6. The molecule has 1 fully saturated rings. The second-order valence-corrected chi connectivity index (χ2v) is 7.54. The van der Waals surface area contributed by atoms with Gasteiger partial charge in [0, 0.05) is 37.4 Å². The highest BCUT2D eigenvalue weighted by Crippen LogP contribution is 2.29. The normalized spacial score (nSPS) is 14.4. The largest absolute Gasteiger partial charge is 0.497 e. The monoisotopic (exact) mass is 432 g/mol. The van der Waals surface area contributed by atoms with Gasteiger partial charge in [-0.1, -0.05) is 18.5 Å². The van der Waals surface area contributed by atoms with E-state index in [2.05, 4.69) is 27.4 Å². The number of methoxy groups -OCH3 is 1. The number of nitrogens with zero attached hydrogens (tertiary/aromatic N) is 2. The van der Waals surface area contributed by atoms with E-state index in [-0.39, 0.29) is 11.0 Å². The number of piperazine rings is 1. The van der Waals surface area contributed by atoms with Crippen molar-refractivity contribution in [2.24, 2.45) is 0 Å². The van der Waals surface area contributed by atoms with E-state index in [1.54, 1.807) is 31.4 Å². The standard InChI is InChI=1S/C21H25ClN4O2S/c1-3-25-10-12-26(13-11-25)19-9-6-16(14-18(19)22)23-21(29)24-20(27)15-4-7-17(28-2)8-5-15/h4-9,14H,3,10-13H2,1-2H3,(H2,23,24,27,29). The third-order valence-electron chi connectivity index (χ3n) is 4.95. The molecule has 0 unspecified atom stereocenters. The summed E-state index contributed by atoms with van der Waals surface area (Å²) in [5.74, 6) is 0.398. The Morgan fingerprint density at radius 2 is 1.83 bits per heavy atom. The summed E-state index contributed by atoms with van der Waals surface area (Å²) in [6.45, 7) is 7.24. The minimum Gasteiger partial charge on any atom is -0.497 e. The number of carbonyl (C=O) groups is 1. The Hall–Kier alpha value is -2.35. The highest BCUT2D eigenvalue weighted by Gasteiger charge is 2.18. The molecule has 0 aliphatic carbocycles. The molecule has 1 saturated heterocycles. The van der Waals surface area contributed by atoms with Crippen molar-refractivity contribution < 1.29 is 9.53 Å². The van der Waals surface area contributed by atoms with Crippen LogP contribution in [0.3, 0.4) is 0 Å². The number of rotatable bonds is 5. The molecule has 2 N–H and O–H groups in total. The molecule has 29 heavy (non-hydrogen) atoms. The van der Waals surface area contributed by atoms with Crippen LogP contribution >= 0.6 is 23.8 Å². The van der Waals surface area contributed by atoms with E-state index in [1.807, 2.05) is 18.2 Å². The zero-order valence-corrected chi connectivity index (χ0v) is 18.1. The topological polar surface area (TPSA) is 56.8 Å². The van der Waals surface area contributed by atoms with Crippen LogP contribution in [-0.2, 0) is 0 Å². The Balaban J connectivity index is 1.57. The summed E-state index contributed by atoms with van der Waals surface area (Å²) < 4.78 is 5.10. The number of ether oxygens (including phenoxy) is 1. The van der Waals surface area contributed by atoms with Gasteiger partial charge in [-0.3, -0.25) is 10.1 Å². The maximum Gasteiger partial charge on any atom is 0.257 e. The third-order valence-corrected chi connectivity index (χ3v) is 5.45. The fraction of sp³-hybridized carbons (Fsp3) is 0.333. The fourth-order valence-electron chi connectivity index (χ4n) is 3.23. The van der Waals surface area contributed by atoms with E-state index in [9.17, 15) is 4.79 Å². The first-order chi connectivity index (χ1) is 14.0. The number of hydrogen-bond acceptors (Lipinski definition) is 5. The van der Waals surface area contributed by atoms with Crippen LogP contribution in [0.1, 0.15) is 17.3 Å². The number of likely N-dealkylation sites (N-methyl/N-ethyl adjacent to an activating group) is 1. The summed E-state index contributed by atoms with van der Waals surface area (Å²) in [4.78, 5) is 17.0. The average molecular weight is 433 g/mol.